The van der Waals surface area contributed by atoms with E-state index in [4.69, 9.17) is 9.47 Å². The van der Waals surface area contributed by atoms with Crippen molar-refractivity contribution >= 4 is 5.97 Å². The van der Waals surface area contributed by atoms with Gasteiger partial charge in [-0.05, 0) is 13.8 Å². The average molecular weight is 219 g/mol. The van der Waals surface area contributed by atoms with Gasteiger partial charge in [0.25, 0.3) is 0 Å². The zero-order valence-corrected chi connectivity index (χ0v) is 8.93. The molecule has 6 heteroatoms. The number of quaternary nitrogens is 1. The Morgan fingerprint density at radius 2 is 2.33 bits per heavy atom. The minimum Gasteiger partial charge on any atom is -0.544 e. The summed E-state index contributed by atoms with van der Waals surface area (Å²) in [5.74, 6) is -1.99. The molecule has 0 aromatic heterocycles. The second kappa shape index (κ2) is 4.44. The molecular weight excluding hydrogens is 202 g/mol. The van der Waals surface area contributed by atoms with Crippen LogP contribution in [0.2, 0.25) is 0 Å². The van der Waals surface area contributed by atoms with E-state index < -0.39 is 30.0 Å². The van der Waals surface area contributed by atoms with Gasteiger partial charge in [0.1, 0.15) is 12.1 Å². The monoisotopic (exact) mass is 219 g/mol. The molecule has 0 aliphatic carbocycles. The number of carbonyl (C=O) groups is 1. The Bertz CT molecular complexity index is 243. The third-order valence-corrected chi connectivity index (χ3v) is 2.32. The Kier molecular flexibility index (Phi) is 3.67. The summed E-state index contributed by atoms with van der Waals surface area (Å²) in [7, 11) is 0. The number of aliphatic hydroxyl groups is 1. The highest BCUT2D eigenvalue weighted by molar-refractivity contribution is 5.69. The summed E-state index contributed by atoms with van der Waals surface area (Å²) < 4.78 is 10.6. The molecule has 0 unspecified atom stereocenters. The summed E-state index contributed by atoms with van der Waals surface area (Å²) in [6.45, 7) is 3.73. The van der Waals surface area contributed by atoms with Gasteiger partial charge in [-0.25, -0.2) is 0 Å². The van der Waals surface area contributed by atoms with Crippen LogP contribution in [0.5, 0.6) is 0 Å². The maximum atomic E-state index is 10.4. The van der Waals surface area contributed by atoms with Gasteiger partial charge in [0.05, 0.1) is 18.7 Å². The highest BCUT2D eigenvalue weighted by Gasteiger charge is 2.37. The number of carbonyl (C=O) groups excluding carboxylic acids is 1. The van der Waals surface area contributed by atoms with Gasteiger partial charge in [-0.1, -0.05) is 0 Å². The second-order valence-electron chi connectivity index (χ2n) is 4.19. The molecule has 0 radical (unpaired) electrons. The molecule has 6 nitrogen and oxygen atoms in total. The molecule has 1 fully saturated rings. The summed E-state index contributed by atoms with van der Waals surface area (Å²) in [5, 5.41) is 20.1. The number of aliphatic hydroxyl groups excluding tert-OH is 1. The Labute approximate surface area is 88.0 Å². The fourth-order valence-electron chi connectivity index (χ4n) is 1.44. The number of carboxylic acid groups (broad SMARTS) is 1. The SMILES string of the molecule is CC1(C)OC[C@H]([C@@H](O)C[C@@H]([NH3+])C(=O)[O-])O1. The summed E-state index contributed by atoms with van der Waals surface area (Å²) >= 11 is 0. The van der Waals surface area contributed by atoms with E-state index in [-0.39, 0.29) is 13.0 Å². The van der Waals surface area contributed by atoms with Crippen LogP contribution < -0.4 is 10.8 Å². The van der Waals surface area contributed by atoms with E-state index in [2.05, 4.69) is 5.73 Å². The molecular formula is C9H17NO5. The molecule has 1 saturated heterocycles. The lowest BCUT2D eigenvalue weighted by Gasteiger charge is -2.21. The van der Waals surface area contributed by atoms with E-state index in [1.54, 1.807) is 13.8 Å². The number of carboxylic acids is 1. The minimum absolute atomic E-state index is 0.00639. The van der Waals surface area contributed by atoms with Crippen molar-refractivity contribution in [3.63, 3.8) is 0 Å². The zero-order valence-electron chi connectivity index (χ0n) is 8.93. The van der Waals surface area contributed by atoms with Crippen LogP contribution in [-0.2, 0) is 14.3 Å². The van der Waals surface area contributed by atoms with Gasteiger partial charge in [0.15, 0.2) is 5.79 Å². The predicted octanol–water partition coefficient (Wildman–Crippen LogP) is -2.75. The molecule has 0 bridgehead atoms. The normalized spacial score (nSPS) is 28.7. The van der Waals surface area contributed by atoms with Gasteiger partial charge in [-0.2, -0.15) is 0 Å². The number of ether oxygens (including phenoxy) is 2. The molecule has 3 atom stereocenters. The summed E-state index contributed by atoms with van der Waals surface area (Å²) in [5.41, 5.74) is 3.37. The molecule has 1 rings (SSSR count). The first-order chi connectivity index (χ1) is 6.82. The fraction of sp³-hybridized carbons (Fsp3) is 0.889. The molecule has 0 spiro atoms. The smallest absolute Gasteiger partial charge is 0.163 e. The number of hydrogen-bond donors (Lipinski definition) is 2. The minimum atomic E-state index is -1.27. The summed E-state index contributed by atoms with van der Waals surface area (Å²) in [4.78, 5) is 10.4. The van der Waals surface area contributed by atoms with Crippen LogP contribution in [0.1, 0.15) is 20.3 Å². The van der Waals surface area contributed by atoms with Gasteiger partial charge in [0.2, 0.25) is 0 Å². The highest BCUT2D eigenvalue weighted by atomic mass is 16.7. The van der Waals surface area contributed by atoms with E-state index >= 15 is 0 Å². The molecule has 88 valence electrons. The van der Waals surface area contributed by atoms with Crippen molar-refractivity contribution in [2.24, 2.45) is 0 Å². The fourth-order valence-corrected chi connectivity index (χ4v) is 1.44. The van der Waals surface area contributed by atoms with Crippen molar-refractivity contribution in [1.29, 1.82) is 0 Å². The third-order valence-electron chi connectivity index (χ3n) is 2.32. The first kappa shape index (κ1) is 12.4. The van der Waals surface area contributed by atoms with Crippen LogP contribution in [0.3, 0.4) is 0 Å². The van der Waals surface area contributed by atoms with Crippen LogP contribution in [0.25, 0.3) is 0 Å². The van der Waals surface area contributed by atoms with Crippen LogP contribution in [0.15, 0.2) is 0 Å². The summed E-state index contributed by atoms with van der Waals surface area (Å²) in [6, 6.07) is -0.938. The summed E-state index contributed by atoms with van der Waals surface area (Å²) in [6.07, 6.45) is -1.39. The predicted molar refractivity (Wildman–Crippen MR) is 47.2 cm³/mol. The molecule has 4 N–H and O–H groups in total. The largest absolute Gasteiger partial charge is 0.544 e. The Morgan fingerprint density at radius 1 is 1.73 bits per heavy atom. The topological polar surface area (TPSA) is 106 Å². The van der Waals surface area contributed by atoms with Gasteiger partial charge in [-0.3, -0.25) is 0 Å². The van der Waals surface area contributed by atoms with Crippen molar-refractivity contribution in [2.45, 2.75) is 44.3 Å². The van der Waals surface area contributed by atoms with Crippen LogP contribution in [-0.4, -0.2) is 41.7 Å². The lowest BCUT2D eigenvalue weighted by molar-refractivity contribution is -0.441. The van der Waals surface area contributed by atoms with Gasteiger partial charge < -0.3 is 30.2 Å². The van der Waals surface area contributed by atoms with Crippen molar-refractivity contribution in [3.05, 3.63) is 0 Å². The average Bonchev–Trinajstić information content (AvgIpc) is 2.45. The van der Waals surface area contributed by atoms with Gasteiger partial charge in [0, 0.05) is 6.42 Å². The standard InChI is InChI=1S/C9H17NO5/c1-9(2)14-4-7(15-9)6(11)3-5(10)8(12)13/h5-7,11H,3-4,10H2,1-2H3,(H,12,13)/t5-,6+,7-/m1/s1. The quantitative estimate of drug-likeness (QED) is 0.533. The maximum Gasteiger partial charge on any atom is 0.163 e. The lowest BCUT2D eigenvalue weighted by Crippen LogP contribution is -2.69. The molecule has 1 heterocycles. The Morgan fingerprint density at radius 3 is 2.73 bits per heavy atom. The molecule has 1 aliphatic rings. The van der Waals surface area contributed by atoms with Crippen LogP contribution >= 0.6 is 0 Å². The van der Waals surface area contributed by atoms with Crippen molar-refractivity contribution in [1.82, 2.24) is 0 Å². The van der Waals surface area contributed by atoms with Crippen molar-refractivity contribution in [2.75, 3.05) is 6.61 Å². The zero-order chi connectivity index (χ0) is 11.6. The molecule has 0 saturated carbocycles. The number of hydrogen-bond acceptors (Lipinski definition) is 5. The second-order valence-corrected chi connectivity index (χ2v) is 4.19. The van der Waals surface area contributed by atoms with Crippen molar-refractivity contribution < 1.29 is 30.2 Å². The molecule has 0 aromatic carbocycles. The maximum absolute atomic E-state index is 10.4. The van der Waals surface area contributed by atoms with E-state index in [1.807, 2.05) is 0 Å². The lowest BCUT2D eigenvalue weighted by atomic mass is 10.1. The molecule has 15 heavy (non-hydrogen) atoms. The van der Waals surface area contributed by atoms with Gasteiger partial charge >= 0.3 is 0 Å². The Hall–Kier alpha value is -0.690. The highest BCUT2D eigenvalue weighted by Crippen LogP contribution is 2.25. The molecule has 0 amide bonds. The first-order valence-electron chi connectivity index (χ1n) is 4.85. The third kappa shape index (κ3) is 3.42. The van der Waals surface area contributed by atoms with Gasteiger partial charge in [-0.15, -0.1) is 0 Å². The molecule has 0 aromatic rings. The number of rotatable bonds is 4. The van der Waals surface area contributed by atoms with Crippen molar-refractivity contribution in [3.8, 4) is 0 Å². The van der Waals surface area contributed by atoms with Crippen LogP contribution in [0, 0.1) is 0 Å². The number of aliphatic carboxylic acids is 1. The first-order valence-corrected chi connectivity index (χ1v) is 4.85. The molecule has 1 aliphatic heterocycles. The van der Waals surface area contributed by atoms with Crippen LogP contribution in [0.4, 0.5) is 0 Å². The van der Waals surface area contributed by atoms with E-state index in [1.165, 1.54) is 0 Å². The van der Waals surface area contributed by atoms with E-state index in [0.717, 1.165) is 0 Å². The van der Waals surface area contributed by atoms with E-state index in [0.29, 0.717) is 0 Å². The Balaban J connectivity index is 2.42. The van der Waals surface area contributed by atoms with E-state index in [9.17, 15) is 15.0 Å².